The number of hydrogen-bond acceptors (Lipinski definition) is 6. The van der Waals surface area contributed by atoms with Crippen molar-refractivity contribution in [3.05, 3.63) is 106 Å². The van der Waals surface area contributed by atoms with E-state index in [2.05, 4.69) is 15.3 Å². The molecule has 0 spiro atoms. The van der Waals surface area contributed by atoms with Crippen LogP contribution >= 0.6 is 0 Å². The standard InChI is InChI=1S/C23H16F2N4O4/c24-18-4-1-15(2-5-18)13-32-20-12-19(25)6-3-17(20)14-33-22-8-10-27-29(22)21-11-16(7-9-26-21)23(30)28-31/h1-12H,13-14H2. The number of halogens is 2. The first-order valence-electron chi connectivity index (χ1n) is 9.70. The van der Waals surface area contributed by atoms with Gasteiger partial charge >= 0.3 is 5.91 Å². The first kappa shape index (κ1) is 21.8. The number of pyridine rings is 1. The number of carbonyl (C=O) groups excluding carboxylic acids is 1. The highest BCUT2D eigenvalue weighted by Gasteiger charge is 2.13. The minimum atomic E-state index is -0.928. The zero-order valence-electron chi connectivity index (χ0n) is 17.0. The van der Waals surface area contributed by atoms with E-state index in [0.717, 1.165) is 5.56 Å². The number of amides is 1. The summed E-state index contributed by atoms with van der Waals surface area (Å²) in [6.45, 7) is 0.128. The zero-order valence-corrected chi connectivity index (χ0v) is 17.0. The first-order chi connectivity index (χ1) is 16.0. The molecule has 0 bridgehead atoms. The van der Waals surface area contributed by atoms with Crippen molar-refractivity contribution in [2.75, 3.05) is 0 Å². The Morgan fingerprint density at radius 1 is 0.909 bits per heavy atom. The summed E-state index contributed by atoms with van der Waals surface area (Å²) in [4.78, 5) is 26.2. The van der Waals surface area contributed by atoms with Crippen molar-refractivity contribution in [3.8, 4) is 17.4 Å². The summed E-state index contributed by atoms with van der Waals surface area (Å²) in [5, 5.41) is 6.53. The molecule has 166 valence electrons. The summed E-state index contributed by atoms with van der Waals surface area (Å²) in [5.41, 5.74) is 1.34. The molecule has 2 heterocycles. The molecule has 0 aliphatic heterocycles. The molecule has 0 aliphatic rings. The highest BCUT2D eigenvalue weighted by molar-refractivity contribution is 5.95. The Hall–Kier alpha value is -4.47. The Kier molecular flexibility index (Phi) is 6.44. The molecule has 10 heteroatoms. The summed E-state index contributed by atoms with van der Waals surface area (Å²) >= 11 is 0. The first-order valence-corrected chi connectivity index (χ1v) is 9.70. The Bertz CT molecular complexity index is 1290. The third-order valence-electron chi connectivity index (χ3n) is 4.61. The van der Waals surface area contributed by atoms with E-state index in [9.17, 15) is 18.5 Å². The fourth-order valence-electron chi connectivity index (χ4n) is 2.97. The number of ether oxygens (including phenoxy) is 2. The smallest absolute Gasteiger partial charge is 0.316 e. The van der Waals surface area contributed by atoms with Gasteiger partial charge < -0.3 is 9.47 Å². The zero-order chi connectivity index (χ0) is 23.2. The van der Waals surface area contributed by atoms with Crippen LogP contribution in [0.25, 0.3) is 5.82 Å². The second-order valence-electron chi connectivity index (χ2n) is 6.84. The van der Waals surface area contributed by atoms with Crippen LogP contribution in [-0.2, 0) is 13.2 Å². The maximum atomic E-state index is 13.8. The van der Waals surface area contributed by atoms with E-state index >= 15 is 0 Å². The Balaban J connectivity index is 1.50. The molecule has 0 aliphatic carbocycles. The van der Waals surface area contributed by atoms with E-state index in [1.54, 1.807) is 18.2 Å². The second-order valence-corrected chi connectivity index (χ2v) is 6.84. The van der Waals surface area contributed by atoms with Crippen LogP contribution in [0.3, 0.4) is 0 Å². The average Bonchev–Trinajstić information content (AvgIpc) is 3.31. The number of benzene rings is 2. The van der Waals surface area contributed by atoms with Crippen LogP contribution in [0.15, 0.2) is 78.2 Å². The molecule has 0 N–H and O–H groups in total. The van der Waals surface area contributed by atoms with Crippen LogP contribution in [0.1, 0.15) is 21.5 Å². The second kappa shape index (κ2) is 9.77. The molecule has 4 aromatic rings. The van der Waals surface area contributed by atoms with Crippen LogP contribution in [0.4, 0.5) is 8.78 Å². The maximum absolute atomic E-state index is 13.8. The molecule has 0 atom stereocenters. The van der Waals surface area contributed by atoms with Gasteiger partial charge in [0.15, 0.2) is 5.82 Å². The van der Waals surface area contributed by atoms with E-state index in [1.807, 2.05) is 0 Å². The van der Waals surface area contributed by atoms with Crippen molar-refractivity contribution >= 4 is 5.91 Å². The third kappa shape index (κ3) is 5.24. The third-order valence-corrected chi connectivity index (χ3v) is 4.61. The number of nitroso groups, excluding NO2 is 1. The minimum absolute atomic E-state index is 0.0131. The SMILES string of the molecule is O=NC(=O)c1ccnc(-n2nccc2OCc2ccc(F)cc2OCc2ccc(F)cc2)c1. The van der Waals surface area contributed by atoms with Crippen molar-refractivity contribution < 1.29 is 23.0 Å². The van der Waals surface area contributed by atoms with Crippen LogP contribution in [0.5, 0.6) is 11.6 Å². The predicted molar refractivity (Wildman–Crippen MR) is 113 cm³/mol. The van der Waals surface area contributed by atoms with Gasteiger partial charge in [-0.15, -0.1) is 4.91 Å². The lowest BCUT2D eigenvalue weighted by Gasteiger charge is -2.13. The van der Waals surface area contributed by atoms with Gasteiger partial charge in [0.25, 0.3) is 0 Å². The molecule has 0 saturated carbocycles. The maximum Gasteiger partial charge on any atom is 0.316 e. The van der Waals surface area contributed by atoms with Crippen molar-refractivity contribution in [2.24, 2.45) is 5.18 Å². The van der Waals surface area contributed by atoms with Gasteiger partial charge in [-0.25, -0.2) is 13.8 Å². The van der Waals surface area contributed by atoms with E-state index < -0.39 is 11.7 Å². The molecular formula is C23H16F2N4O4. The van der Waals surface area contributed by atoms with Gasteiger partial charge in [0.2, 0.25) is 5.88 Å². The molecule has 2 aromatic carbocycles. The average molecular weight is 450 g/mol. The topological polar surface area (TPSA) is 95.7 Å². The van der Waals surface area contributed by atoms with Gasteiger partial charge in [-0.1, -0.05) is 12.1 Å². The summed E-state index contributed by atoms with van der Waals surface area (Å²) in [5.74, 6) is -0.957. The van der Waals surface area contributed by atoms with Gasteiger partial charge in [-0.3, -0.25) is 4.79 Å². The fraction of sp³-hybridized carbons (Fsp3) is 0.0870. The van der Waals surface area contributed by atoms with Crippen molar-refractivity contribution in [3.63, 3.8) is 0 Å². The van der Waals surface area contributed by atoms with E-state index in [-0.39, 0.29) is 36.2 Å². The monoisotopic (exact) mass is 450 g/mol. The number of carbonyl (C=O) groups is 1. The lowest BCUT2D eigenvalue weighted by atomic mass is 10.2. The van der Waals surface area contributed by atoms with Crippen molar-refractivity contribution in [1.29, 1.82) is 0 Å². The van der Waals surface area contributed by atoms with Gasteiger partial charge in [0, 0.05) is 29.1 Å². The molecule has 0 fully saturated rings. The highest BCUT2D eigenvalue weighted by Crippen LogP contribution is 2.24. The number of hydrogen-bond donors (Lipinski definition) is 0. The number of rotatable bonds is 8. The van der Waals surface area contributed by atoms with E-state index in [1.165, 1.54) is 59.5 Å². The molecule has 2 aromatic heterocycles. The van der Waals surface area contributed by atoms with Gasteiger partial charge in [-0.2, -0.15) is 9.78 Å². The molecule has 0 unspecified atom stereocenters. The Labute approximate surface area is 186 Å². The Morgan fingerprint density at radius 2 is 1.70 bits per heavy atom. The largest absolute Gasteiger partial charge is 0.488 e. The minimum Gasteiger partial charge on any atom is -0.488 e. The molecule has 4 rings (SSSR count). The van der Waals surface area contributed by atoms with Crippen molar-refractivity contribution in [2.45, 2.75) is 13.2 Å². The number of nitrogens with zero attached hydrogens (tertiary/aromatic N) is 4. The molecule has 0 radical (unpaired) electrons. The van der Waals surface area contributed by atoms with Crippen LogP contribution in [-0.4, -0.2) is 20.7 Å². The van der Waals surface area contributed by atoms with Crippen LogP contribution < -0.4 is 9.47 Å². The molecule has 8 nitrogen and oxygen atoms in total. The molecular weight excluding hydrogens is 434 g/mol. The summed E-state index contributed by atoms with van der Waals surface area (Å²) < 4.78 is 39.8. The van der Waals surface area contributed by atoms with Crippen LogP contribution in [0.2, 0.25) is 0 Å². The van der Waals surface area contributed by atoms with E-state index in [0.29, 0.717) is 11.4 Å². The predicted octanol–water partition coefficient (Wildman–Crippen LogP) is 4.61. The number of aromatic nitrogens is 3. The van der Waals surface area contributed by atoms with Gasteiger partial charge in [0.1, 0.15) is 30.6 Å². The normalized spacial score (nSPS) is 10.6. The Morgan fingerprint density at radius 3 is 2.48 bits per heavy atom. The fourth-order valence-corrected chi connectivity index (χ4v) is 2.97. The van der Waals surface area contributed by atoms with E-state index in [4.69, 9.17) is 9.47 Å². The lowest BCUT2D eigenvalue weighted by Crippen LogP contribution is -2.07. The molecule has 1 amide bonds. The molecule has 0 saturated heterocycles. The lowest BCUT2D eigenvalue weighted by molar-refractivity contribution is 0.100. The summed E-state index contributed by atoms with van der Waals surface area (Å²) in [6.07, 6.45) is 2.82. The summed E-state index contributed by atoms with van der Waals surface area (Å²) in [7, 11) is 0. The van der Waals surface area contributed by atoms with Crippen LogP contribution in [0, 0.1) is 16.5 Å². The van der Waals surface area contributed by atoms with Gasteiger partial charge in [0.05, 0.1) is 11.8 Å². The van der Waals surface area contributed by atoms with Gasteiger partial charge in [-0.05, 0) is 42.0 Å². The quantitative estimate of drug-likeness (QED) is 0.364. The highest BCUT2D eigenvalue weighted by atomic mass is 19.1. The van der Waals surface area contributed by atoms with Crippen molar-refractivity contribution in [1.82, 2.24) is 14.8 Å². The molecule has 33 heavy (non-hydrogen) atoms. The summed E-state index contributed by atoms with van der Waals surface area (Å²) in [6, 6.07) is 14.1.